The Morgan fingerprint density at radius 3 is 2.55 bits per heavy atom. The molecule has 0 aliphatic rings. The Morgan fingerprint density at radius 1 is 1.50 bits per heavy atom. The minimum Gasteiger partial charge on any atom is -0.329 e. The molecule has 0 radical (unpaired) electrons. The number of rotatable bonds is 5. The second-order valence-electron chi connectivity index (χ2n) is 4.59. The van der Waals surface area contributed by atoms with Crippen molar-refractivity contribution in [2.75, 3.05) is 11.9 Å². The van der Waals surface area contributed by atoms with Gasteiger partial charge >= 0.3 is 0 Å². The fourth-order valence-corrected chi connectivity index (χ4v) is 1.47. The molecule has 1 atom stereocenters. The zero-order chi connectivity index (χ0) is 15.5. The maximum Gasteiger partial charge on any atom is 0.296 e. The number of nitro benzene ring substituents is 1. The molecule has 0 saturated heterocycles. The molecule has 8 heteroatoms. The van der Waals surface area contributed by atoms with Gasteiger partial charge in [0.25, 0.3) is 5.69 Å². The highest BCUT2D eigenvalue weighted by Gasteiger charge is 2.33. The molecule has 1 aromatic carbocycles. The van der Waals surface area contributed by atoms with Crippen LogP contribution < -0.4 is 11.1 Å². The van der Waals surface area contributed by atoms with Gasteiger partial charge in [-0.25, -0.2) is 8.78 Å². The molecular formula is C12H15F2N3O3. The first-order valence-corrected chi connectivity index (χ1v) is 5.90. The molecule has 0 aromatic heterocycles. The molecule has 20 heavy (non-hydrogen) atoms. The maximum atomic E-state index is 13.7. The van der Waals surface area contributed by atoms with Gasteiger partial charge in [0.2, 0.25) is 5.91 Å². The number of nitrogens with zero attached hydrogens (tertiary/aromatic N) is 1. The molecule has 0 spiro atoms. The number of amides is 1. The van der Waals surface area contributed by atoms with Crippen LogP contribution in [0, 0.1) is 27.2 Å². The molecule has 0 saturated carbocycles. The molecule has 1 aromatic rings. The van der Waals surface area contributed by atoms with Gasteiger partial charge in [-0.3, -0.25) is 14.9 Å². The minimum atomic E-state index is -1.47. The lowest BCUT2D eigenvalue weighted by molar-refractivity contribution is -0.384. The molecule has 0 bridgehead atoms. The van der Waals surface area contributed by atoms with Crippen molar-refractivity contribution in [3.63, 3.8) is 0 Å². The zero-order valence-electron chi connectivity index (χ0n) is 11.1. The Bertz CT molecular complexity index is 545. The molecule has 3 N–H and O–H groups in total. The Labute approximate surface area is 114 Å². The Hall–Kier alpha value is -2.09. The van der Waals surface area contributed by atoms with Crippen LogP contribution in [0.15, 0.2) is 12.1 Å². The first kappa shape index (κ1) is 16.0. The normalized spacial score (nSPS) is 13.7. The summed E-state index contributed by atoms with van der Waals surface area (Å²) in [5.41, 5.74) is 2.95. The van der Waals surface area contributed by atoms with Gasteiger partial charge in [0, 0.05) is 12.6 Å². The summed E-state index contributed by atoms with van der Waals surface area (Å²) in [5, 5.41) is 12.9. The summed E-state index contributed by atoms with van der Waals surface area (Å²) in [6.45, 7) is 3.20. The fraction of sp³-hybridized carbons (Fsp3) is 0.417. The summed E-state index contributed by atoms with van der Waals surface area (Å²) in [7, 11) is 0. The molecule has 110 valence electrons. The van der Waals surface area contributed by atoms with E-state index in [9.17, 15) is 23.7 Å². The third-order valence-corrected chi connectivity index (χ3v) is 3.29. The smallest absolute Gasteiger partial charge is 0.296 e. The standard InChI is InChI=1S/C12H15F2N3O3/c1-3-12(2,6-15)11(18)16-10-8(17(19)20)5-4-7(13)9(10)14/h4-5H,3,6,15H2,1-2H3,(H,16,18). The van der Waals surface area contributed by atoms with E-state index in [0.717, 1.165) is 6.07 Å². The Morgan fingerprint density at radius 2 is 2.10 bits per heavy atom. The number of anilines is 1. The predicted molar refractivity (Wildman–Crippen MR) is 69.1 cm³/mol. The minimum absolute atomic E-state index is 0.0277. The van der Waals surface area contributed by atoms with E-state index in [1.54, 1.807) is 6.92 Å². The number of nitrogens with two attached hydrogens (primary N) is 1. The monoisotopic (exact) mass is 287 g/mol. The Balaban J connectivity index is 3.24. The largest absolute Gasteiger partial charge is 0.329 e. The third kappa shape index (κ3) is 2.90. The van der Waals surface area contributed by atoms with Crippen LogP contribution in [0.5, 0.6) is 0 Å². The van der Waals surface area contributed by atoms with Gasteiger partial charge in [-0.2, -0.15) is 0 Å². The quantitative estimate of drug-likeness (QED) is 0.640. The zero-order valence-corrected chi connectivity index (χ0v) is 11.1. The Kier molecular flexibility index (Phi) is 4.72. The SMILES string of the molecule is CCC(C)(CN)C(=O)Nc1c([N+](=O)[O-])ccc(F)c1F. The summed E-state index contributed by atoms with van der Waals surface area (Å²) >= 11 is 0. The van der Waals surface area contributed by atoms with E-state index in [-0.39, 0.29) is 6.54 Å². The number of nitrogens with one attached hydrogen (secondary N) is 1. The molecule has 1 amide bonds. The average Bonchev–Trinajstić information content (AvgIpc) is 2.42. The summed E-state index contributed by atoms with van der Waals surface area (Å²) in [5.74, 6) is -3.45. The van der Waals surface area contributed by atoms with Crippen molar-refractivity contribution in [1.29, 1.82) is 0 Å². The van der Waals surface area contributed by atoms with E-state index in [4.69, 9.17) is 5.73 Å². The predicted octanol–water partition coefficient (Wildman–Crippen LogP) is 2.19. The van der Waals surface area contributed by atoms with Gasteiger partial charge in [0.1, 0.15) is 0 Å². The lowest BCUT2D eigenvalue weighted by Gasteiger charge is -2.24. The van der Waals surface area contributed by atoms with Crippen molar-refractivity contribution < 1.29 is 18.5 Å². The van der Waals surface area contributed by atoms with E-state index in [1.807, 2.05) is 0 Å². The van der Waals surface area contributed by atoms with E-state index in [2.05, 4.69) is 5.32 Å². The first-order chi connectivity index (χ1) is 9.26. The van der Waals surface area contributed by atoms with Crippen LogP contribution in [-0.4, -0.2) is 17.4 Å². The van der Waals surface area contributed by atoms with E-state index >= 15 is 0 Å². The number of hydrogen-bond acceptors (Lipinski definition) is 4. The van der Waals surface area contributed by atoms with Crippen molar-refractivity contribution in [1.82, 2.24) is 0 Å². The van der Waals surface area contributed by atoms with Gasteiger partial charge < -0.3 is 11.1 Å². The number of benzene rings is 1. The molecule has 0 fully saturated rings. The number of nitro groups is 1. The van der Waals surface area contributed by atoms with Gasteiger partial charge in [0.15, 0.2) is 17.3 Å². The summed E-state index contributed by atoms with van der Waals surface area (Å²) in [6.07, 6.45) is 0.347. The maximum absolute atomic E-state index is 13.7. The summed E-state index contributed by atoms with van der Waals surface area (Å²) in [4.78, 5) is 21.9. The highest BCUT2D eigenvalue weighted by Crippen LogP contribution is 2.31. The molecule has 6 nitrogen and oxygen atoms in total. The summed E-state index contributed by atoms with van der Waals surface area (Å²) in [6, 6.07) is 1.42. The van der Waals surface area contributed by atoms with Gasteiger partial charge in [-0.15, -0.1) is 0 Å². The van der Waals surface area contributed by atoms with Crippen molar-refractivity contribution in [2.24, 2.45) is 11.1 Å². The second-order valence-corrected chi connectivity index (χ2v) is 4.59. The molecule has 0 heterocycles. The molecule has 1 rings (SSSR count). The van der Waals surface area contributed by atoms with Crippen LogP contribution >= 0.6 is 0 Å². The van der Waals surface area contributed by atoms with Crippen LogP contribution in [0.25, 0.3) is 0 Å². The molecule has 0 aliphatic carbocycles. The van der Waals surface area contributed by atoms with Crippen LogP contribution in [0.3, 0.4) is 0 Å². The average molecular weight is 287 g/mol. The van der Waals surface area contributed by atoms with Gasteiger partial charge in [0.05, 0.1) is 10.3 Å². The first-order valence-electron chi connectivity index (χ1n) is 5.90. The van der Waals surface area contributed by atoms with Gasteiger partial charge in [-0.1, -0.05) is 6.92 Å². The number of hydrogen-bond donors (Lipinski definition) is 2. The molecular weight excluding hydrogens is 272 g/mol. The van der Waals surface area contributed by atoms with Gasteiger partial charge in [-0.05, 0) is 19.4 Å². The van der Waals surface area contributed by atoms with Crippen molar-refractivity contribution in [2.45, 2.75) is 20.3 Å². The summed E-state index contributed by atoms with van der Waals surface area (Å²) < 4.78 is 26.8. The van der Waals surface area contributed by atoms with E-state index < -0.39 is 39.3 Å². The number of carbonyl (C=O) groups is 1. The number of halogens is 2. The van der Waals surface area contributed by atoms with Crippen LogP contribution in [0.2, 0.25) is 0 Å². The van der Waals surface area contributed by atoms with Crippen molar-refractivity contribution in [3.05, 3.63) is 33.9 Å². The highest BCUT2D eigenvalue weighted by molar-refractivity contribution is 5.97. The second kappa shape index (κ2) is 5.91. The molecule has 0 aliphatic heterocycles. The fourth-order valence-electron chi connectivity index (χ4n) is 1.47. The third-order valence-electron chi connectivity index (χ3n) is 3.29. The number of carbonyl (C=O) groups excluding carboxylic acids is 1. The van der Waals surface area contributed by atoms with Crippen LogP contribution in [0.1, 0.15) is 20.3 Å². The lowest BCUT2D eigenvalue weighted by Crippen LogP contribution is -2.39. The van der Waals surface area contributed by atoms with Crippen LogP contribution in [0.4, 0.5) is 20.2 Å². The lowest BCUT2D eigenvalue weighted by atomic mass is 9.86. The van der Waals surface area contributed by atoms with Crippen molar-refractivity contribution >= 4 is 17.3 Å². The van der Waals surface area contributed by atoms with E-state index in [0.29, 0.717) is 12.5 Å². The topological polar surface area (TPSA) is 98.3 Å². The van der Waals surface area contributed by atoms with Crippen LogP contribution in [-0.2, 0) is 4.79 Å². The molecule has 1 unspecified atom stereocenters. The van der Waals surface area contributed by atoms with E-state index in [1.165, 1.54) is 6.92 Å². The highest BCUT2D eigenvalue weighted by atomic mass is 19.2. The van der Waals surface area contributed by atoms with Crippen molar-refractivity contribution in [3.8, 4) is 0 Å².